The van der Waals surface area contributed by atoms with Gasteiger partial charge in [0, 0.05) is 11.8 Å². The predicted octanol–water partition coefficient (Wildman–Crippen LogP) is 5.07. The summed E-state index contributed by atoms with van der Waals surface area (Å²) in [7, 11) is 1.75. The van der Waals surface area contributed by atoms with E-state index in [1.165, 1.54) is 18.4 Å². The Bertz CT molecular complexity index is 763. The Hall–Kier alpha value is -1.57. The Morgan fingerprint density at radius 2 is 2.08 bits per heavy atom. The molecule has 0 heterocycles. The van der Waals surface area contributed by atoms with Gasteiger partial charge in [-0.25, -0.2) is 0 Å². The number of Topliss-reactive ketones (excluding diaryl/α,β-unsaturated/α-hetero) is 1. The van der Waals surface area contributed by atoms with Gasteiger partial charge in [0.05, 0.1) is 7.11 Å². The number of ether oxygens (including phenoxy) is 1. The highest BCUT2D eigenvalue weighted by molar-refractivity contribution is 5.89. The van der Waals surface area contributed by atoms with Crippen LogP contribution in [0.15, 0.2) is 30.4 Å². The first kappa shape index (κ1) is 15.7. The number of hydrogen-bond donors (Lipinski definition) is 0. The summed E-state index contributed by atoms with van der Waals surface area (Å²) in [6.45, 7) is 2.31. The van der Waals surface area contributed by atoms with E-state index in [-0.39, 0.29) is 10.8 Å². The summed E-state index contributed by atoms with van der Waals surface area (Å²) in [6, 6.07) is 6.69. The van der Waals surface area contributed by atoms with Gasteiger partial charge in [-0.1, -0.05) is 25.1 Å². The van der Waals surface area contributed by atoms with Crippen molar-refractivity contribution in [3.05, 3.63) is 41.5 Å². The topological polar surface area (TPSA) is 26.3 Å². The number of hydrogen-bond acceptors (Lipinski definition) is 2. The van der Waals surface area contributed by atoms with E-state index < -0.39 is 0 Å². The van der Waals surface area contributed by atoms with Crippen molar-refractivity contribution in [2.24, 2.45) is 22.7 Å². The van der Waals surface area contributed by atoms with E-state index in [1.807, 2.05) is 0 Å². The maximum absolute atomic E-state index is 13.1. The fourth-order valence-corrected chi connectivity index (χ4v) is 7.23. The van der Waals surface area contributed by atoms with Crippen LogP contribution in [-0.2, 0) is 11.2 Å². The molecular weight excluding hydrogens is 308 g/mol. The van der Waals surface area contributed by atoms with Crippen molar-refractivity contribution in [2.45, 2.75) is 57.8 Å². The lowest BCUT2D eigenvalue weighted by Gasteiger charge is -2.59. The van der Waals surface area contributed by atoms with Gasteiger partial charge in [-0.05, 0) is 85.0 Å². The third-order valence-corrected chi connectivity index (χ3v) is 8.42. The molecule has 2 nitrogen and oxygen atoms in total. The molecule has 5 atom stereocenters. The van der Waals surface area contributed by atoms with Gasteiger partial charge in [0.2, 0.25) is 0 Å². The maximum atomic E-state index is 13.1. The minimum absolute atomic E-state index is 0.0897. The van der Waals surface area contributed by atoms with E-state index in [0.29, 0.717) is 23.5 Å². The molecule has 4 aliphatic carbocycles. The minimum Gasteiger partial charge on any atom is -0.497 e. The molecule has 0 radical (unpaired) electrons. The Labute approximate surface area is 150 Å². The van der Waals surface area contributed by atoms with Crippen molar-refractivity contribution >= 4 is 5.78 Å². The van der Waals surface area contributed by atoms with Crippen LogP contribution in [0.4, 0.5) is 0 Å². The molecule has 2 saturated carbocycles. The molecule has 4 aliphatic rings. The van der Waals surface area contributed by atoms with Crippen LogP contribution in [0.25, 0.3) is 0 Å². The first-order chi connectivity index (χ1) is 12.1. The van der Waals surface area contributed by atoms with Gasteiger partial charge in [0.1, 0.15) is 11.5 Å². The molecule has 0 bridgehead atoms. The first-order valence-electron chi connectivity index (χ1n) is 9.95. The number of carbonyl (C=O) groups excluding carboxylic acids is 1. The lowest BCUT2D eigenvalue weighted by molar-refractivity contribution is -0.138. The maximum Gasteiger partial charge on any atom is 0.139 e. The lowest BCUT2D eigenvalue weighted by atomic mass is 9.44. The molecule has 1 aromatic carbocycles. The minimum atomic E-state index is -0.0897. The van der Waals surface area contributed by atoms with Crippen LogP contribution in [0, 0.1) is 22.7 Å². The molecule has 1 aromatic rings. The summed E-state index contributed by atoms with van der Waals surface area (Å²) in [5, 5.41) is 0. The van der Waals surface area contributed by atoms with Gasteiger partial charge < -0.3 is 4.74 Å². The van der Waals surface area contributed by atoms with Gasteiger partial charge in [0.25, 0.3) is 0 Å². The van der Waals surface area contributed by atoms with Gasteiger partial charge in [-0.3, -0.25) is 4.79 Å². The second-order valence-corrected chi connectivity index (χ2v) is 8.96. The third kappa shape index (κ3) is 1.83. The summed E-state index contributed by atoms with van der Waals surface area (Å²) >= 11 is 0. The zero-order valence-electron chi connectivity index (χ0n) is 15.4. The number of aryl methyl sites for hydroxylation is 1. The fraction of sp³-hybridized carbons (Fsp3) is 0.609. The van der Waals surface area contributed by atoms with Crippen LogP contribution in [0.3, 0.4) is 0 Å². The largest absolute Gasteiger partial charge is 0.497 e. The van der Waals surface area contributed by atoms with Gasteiger partial charge in [0.15, 0.2) is 0 Å². The van der Waals surface area contributed by atoms with Crippen LogP contribution >= 0.6 is 0 Å². The highest BCUT2D eigenvalue weighted by atomic mass is 16.5. The Kier molecular flexibility index (Phi) is 3.27. The molecular formula is C23H28O2. The van der Waals surface area contributed by atoms with Crippen molar-refractivity contribution in [1.29, 1.82) is 0 Å². The number of ketones is 1. The molecule has 25 heavy (non-hydrogen) atoms. The first-order valence-corrected chi connectivity index (χ1v) is 9.95. The summed E-state index contributed by atoms with van der Waals surface area (Å²) in [5.41, 5.74) is 3.14. The molecule has 5 rings (SSSR count). The molecule has 132 valence electrons. The second kappa shape index (κ2) is 5.22. The summed E-state index contributed by atoms with van der Waals surface area (Å²) in [6.07, 6.45) is 12.4. The van der Waals surface area contributed by atoms with Crippen LogP contribution in [0.5, 0.6) is 5.75 Å². The van der Waals surface area contributed by atoms with Crippen molar-refractivity contribution in [2.75, 3.05) is 7.11 Å². The number of rotatable bonds is 1. The highest BCUT2D eigenvalue weighted by Gasteiger charge is 2.67. The fourth-order valence-electron chi connectivity index (χ4n) is 7.23. The van der Waals surface area contributed by atoms with Gasteiger partial charge >= 0.3 is 0 Å². The molecule has 1 spiro atoms. The molecule has 0 aromatic heterocycles. The zero-order valence-corrected chi connectivity index (χ0v) is 15.4. The number of allylic oxidation sites excluding steroid dienone is 2. The Balaban J connectivity index is 1.62. The van der Waals surface area contributed by atoms with E-state index >= 15 is 0 Å². The normalized spacial score (nSPS) is 41.5. The van der Waals surface area contributed by atoms with Crippen LogP contribution in [-0.4, -0.2) is 12.9 Å². The Morgan fingerprint density at radius 3 is 2.92 bits per heavy atom. The zero-order chi connectivity index (χ0) is 17.2. The number of benzene rings is 1. The monoisotopic (exact) mass is 336 g/mol. The average molecular weight is 336 g/mol. The summed E-state index contributed by atoms with van der Waals surface area (Å²) < 4.78 is 5.45. The standard InChI is InChI=1S/C23H28O2/c1-22-12-10-19-18-8-7-17(25-2)13-15(18)6-9-20(19)23(22)11-4-3-5-16(23)14-21(22)24/h3-4,7-8,13,16,19-20H,5-6,9-12,14H2,1-2H3/t16-,19-,20-,22-,23-/m1/s1. The molecule has 0 saturated heterocycles. The van der Waals surface area contributed by atoms with E-state index in [4.69, 9.17) is 4.74 Å². The van der Waals surface area contributed by atoms with Crippen molar-refractivity contribution in [3.63, 3.8) is 0 Å². The number of carbonyl (C=O) groups is 1. The van der Waals surface area contributed by atoms with Crippen LogP contribution in [0.2, 0.25) is 0 Å². The highest BCUT2D eigenvalue weighted by Crippen LogP contribution is 2.71. The molecule has 0 amide bonds. The summed E-state index contributed by atoms with van der Waals surface area (Å²) in [5.74, 6) is 3.39. The molecule has 2 fully saturated rings. The molecule has 0 N–H and O–H groups in total. The lowest BCUT2D eigenvalue weighted by Crippen LogP contribution is -2.54. The third-order valence-electron chi connectivity index (χ3n) is 8.42. The Morgan fingerprint density at radius 1 is 1.20 bits per heavy atom. The van der Waals surface area contributed by atoms with Gasteiger partial charge in [-0.2, -0.15) is 0 Å². The average Bonchev–Trinajstić information content (AvgIpc) is 2.88. The molecule has 2 heteroatoms. The summed E-state index contributed by atoms with van der Waals surface area (Å²) in [4.78, 5) is 13.1. The predicted molar refractivity (Wildman–Crippen MR) is 98.8 cm³/mol. The van der Waals surface area contributed by atoms with Gasteiger partial charge in [-0.15, -0.1) is 0 Å². The second-order valence-electron chi connectivity index (χ2n) is 8.96. The van der Waals surface area contributed by atoms with Crippen LogP contribution in [0.1, 0.15) is 62.5 Å². The van der Waals surface area contributed by atoms with E-state index in [2.05, 4.69) is 37.3 Å². The van der Waals surface area contributed by atoms with E-state index in [9.17, 15) is 4.79 Å². The van der Waals surface area contributed by atoms with E-state index in [1.54, 1.807) is 12.7 Å². The number of methoxy groups -OCH3 is 1. The van der Waals surface area contributed by atoms with Crippen molar-refractivity contribution in [1.82, 2.24) is 0 Å². The van der Waals surface area contributed by atoms with E-state index in [0.717, 1.165) is 37.9 Å². The molecule has 0 unspecified atom stereocenters. The van der Waals surface area contributed by atoms with Crippen molar-refractivity contribution < 1.29 is 9.53 Å². The van der Waals surface area contributed by atoms with Crippen molar-refractivity contribution in [3.8, 4) is 5.75 Å². The number of fused-ring (bicyclic) bond motifs is 3. The smallest absolute Gasteiger partial charge is 0.139 e. The van der Waals surface area contributed by atoms with Crippen LogP contribution < -0.4 is 4.74 Å². The quantitative estimate of drug-likeness (QED) is 0.670. The molecule has 0 aliphatic heterocycles. The SMILES string of the molecule is COc1ccc2c(c1)CC[C@@H]1[C@@H]2CC[C@]2(C)C(=O)C[C@H]3CC=CC[C@@]312.